The van der Waals surface area contributed by atoms with Crippen LogP contribution in [0.3, 0.4) is 0 Å². The average Bonchev–Trinajstić information content (AvgIpc) is 2.48. The highest BCUT2D eigenvalue weighted by atomic mass is 32.2. The smallest absolute Gasteiger partial charge is 0.0118 e. The van der Waals surface area contributed by atoms with Crippen LogP contribution in [0.15, 0.2) is 46.2 Å². The van der Waals surface area contributed by atoms with Gasteiger partial charge < -0.3 is 0 Å². The third kappa shape index (κ3) is 8.47. The van der Waals surface area contributed by atoms with Gasteiger partial charge in [0.1, 0.15) is 0 Å². The minimum Gasteiger partial charge on any atom is -0.0949 e. The van der Waals surface area contributed by atoms with Gasteiger partial charge in [-0.1, -0.05) is 82.0 Å². The van der Waals surface area contributed by atoms with E-state index in [9.17, 15) is 0 Å². The second-order valence-electron chi connectivity index (χ2n) is 5.39. The number of thioether (sulfide) groups is 1. The third-order valence-electron chi connectivity index (χ3n) is 3.45. The van der Waals surface area contributed by atoms with Crippen molar-refractivity contribution in [2.75, 3.05) is 0 Å². The van der Waals surface area contributed by atoms with Crippen molar-refractivity contribution in [1.82, 2.24) is 0 Å². The van der Waals surface area contributed by atoms with Gasteiger partial charge in [-0.3, -0.25) is 0 Å². The predicted octanol–water partition coefficient (Wildman–Crippen LogP) is 7.21. The van der Waals surface area contributed by atoms with Gasteiger partial charge in [-0.05, 0) is 42.7 Å². The summed E-state index contributed by atoms with van der Waals surface area (Å²) in [5.74, 6) is 0. The van der Waals surface area contributed by atoms with E-state index in [4.69, 9.17) is 0 Å². The maximum atomic E-state index is 2.49. The number of hydrogen-bond donors (Lipinski definition) is 0. The summed E-state index contributed by atoms with van der Waals surface area (Å²) in [6.07, 6.45) is 14.4. The van der Waals surface area contributed by atoms with Crippen LogP contribution in [-0.4, -0.2) is 0 Å². The highest BCUT2D eigenvalue weighted by Crippen LogP contribution is 2.30. The van der Waals surface area contributed by atoms with Crippen LogP contribution in [-0.2, 0) is 0 Å². The molecule has 1 aromatic carbocycles. The Morgan fingerprint density at radius 3 is 2.30 bits per heavy atom. The summed E-state index contributed by atoms with van der Waals surface area (Å²) in [5, 5.41) is 0. The van der Waals surface area contributed by atoms with E-state index in [1.807, 2.05) is 11.8 Å². The number of unbranched alkanes of at least 4 members (excludes halogenated alkanes) is 6. The van der Waals surface area contributed by atoms with E-state index < -0.39 is 0 Å². The molecule has 0 aromatic heterocycles. The van der Waals surface area contributed by atoms with Gasteiger partial charge in [-0.2, -0.15) is 0 Å². The summed E-state index contributed by atoms with van der Waals surface area (Å²) in [5.41, 5.74) is 0. The van der Waals surface area contributed by atoms with Crippen molar-refractivity contribution in [1.29, 1.82) is 0 Å². The predicted molar refractivity (Wildman–Crippen MR) is 93.3 cm³/mol. The Hall–Kier alpha value is -0.690. The van der Waals surface area contributed by atoms with E-state index in [1.54, 1.807) is 4.91 Å². The summed E-state index contributed by atoms with van der Waals surface area (Å²) < 4.78 is 0. The zero-order valence-electron chi connectivity index (χ0n) is 13.2. The van der Waals surface area contributed by atoms with E-state index in [0.29, 0.717) is 0 Å². The maximum Gasteiger partial charge on any atom is 0.0118 e. The molecule has 0 aliphatic carbocycles. The van der Waals surface area contributed by atoms with Crippen LogP contribution in [0, 0.1) is 0 Å². The maximum absolute atomic E-state index is 2.49. The van der Waals surface area contributed by atoms with Gasteiger partial charge in [0, 0.05) is 4.90 Å². The Labute approximate surface area is 130 Å². The molecule has 1 aromatic rings. The van der Waals surface area contributed by atoms with Gasteiger partial charge in [0.15, 0.2) is 0 Å². The van der Waals surface area contributed by atoms with Gasteiger partial charge in [-0.25, -0.2) is 0 Å². The zero-order valence-corrected chi connectivity index (χ0v) is 14.1. The number of rotatable bonds is 11. The van der Waals surface area contributed by atoms with E-state index in [0.717, 1.165) is 0 Å². The molecule has 0 fully saturated rings. The molecule has 0 N–H and O–H groups in total. The van der Waals surface area contributed by atoms with E-state index in [2.05, 4.69) is 50.3 Å². The molecule has 0 saturated carbocycles. The molecule has 0 bridgehead atoms. The molecule has 0 amide bonds. The van der Waals surface area contributed by atoms with Crippen LogP contribution in [0.4, 0.5) is 0 Å². The van der Waals surface area contributed by atoms with Gasteiger partial charge in [0.25, 0.3) is 0 Å². The van der Waals surface area contributed by atoms with Crippen molar-refractivity contribution < 1.29 is 0 Å². The highest BCUT2D eigenvalue weighted by molar-refractivity contribution is 8.03. The van der Waals surface area contributed by atoms with Crippen LogP contribution in [0.2, 0.25) is 0 Å². The topological polar surface area (TPSA) is 0 Å². The standard InChI is InChI=1S/C19H30S/c1-3-5-7-8-11-15-18(14-10-6-4-2)20-19-16-12-9-13-17-19/h9,12-13,15-17H,3-8,10-11,14H2,1-2H3/b18-15-. The average molecular weight is 291 g/mol. The molecule has 0 aliphatic rings. The number of hydrogen-bond acceptors (Lipinski definition) is 1. The van der Waals surface area contributed by atoms with Crippen molar-refractivity contribution in [3.8, 4) is 0 Å². The fourth-order valence-electron chi connectivity index (χ4n) is 2.22. The van der Waals surface area contributed by atoms with Crippen LogP contribution >= 0.6 is 11.8 Å². The van der Waals surface area contributed by atoms with Gasteiger partial charge in [-0.15, -0.1) is 0 Å². The molecule has 112 valence electrons. The van der Waals surface area contributed by atoms with Crippen LogP contribution in [0.25, 0.3) is 0 Å². The molecule has 20 heavy (non-hydrogen) atoms. The van der Waals surface area contributed by atoms with Crippen molar-refractivity contribution in [2.45, 2.75) is 76.5 Å². The van der Waals surface area contributed by atoms with Gasteiger partial charge in [0.2, 0.25) is 0 Å². The molecule has 0 atom stereocenters. The van der Waals surface area contributed by atoms with Crippen molar-refractivity contribution in [2.24, 2.45) is 0 Å². The van der Waals surface area contributed by atoms with Crippen molar-refractivity contribution >= 4 is 11.8 Å². The van der Waals surface area contributed by atoms with Crippen LogP contribution < -0.4 is 0 Å². The summed E-state index contributed by atoms with van der Waals surface area (Å²) >= 11 is 1.96. The molecule has 0 aliphatic heterocycles. The van der Waals surface area contributed by atoms with Gasteiger partial charge in [0.05, 0.1) is 0 Å². The molecule has 0 unspecified atom stereocenters. The van der Waals surface area contributed by atoms with Gasteiger partial charge >= 0.3 is 0 Å². The first kappa shape index (κ1) is 17.4. The van der Waals surface area contributed by atoms with Crippen LogP contribution in [0.5, 0.6) is 0 Å². The monoisotopic (exact) mass is 290 g/mol. The normalized spacial score (nSPS) is 11.8. The summed E-state index contributed by atoms with van der Waals surface area (Å²) in [7, 11) is 0. The lowest BCUT2D eigenvalue weighted by Crippen LogP contribution is -1.83. The van der Waals surface area contributed by atoms with Crippen molar-refractivity contribution in [3.05, 3.63) is 41.3 Å². The Kier molecular flexibility index (Phi) is 10.5. The molecule has 1 heteroatoms. The summed E-state index contributed by atoms with van der Waals surface area (Å²) in [6, 6.07) is 10.8. The van der Waals surface area contributed by atoms with Crippen LogP contribution in [0.1, 0.15) is 71.6 Å². The fraction of sp³-hybridized carbons (Fsp3) is 0.579. The zero-order chi connectivity index (χ0) is 14.5. The molecule has 0 nitrogen and oxygen atoms in total. The minimum atomic E-state index is 1.25. The summed E-state index contributed by atoms with van der Waals surface area (Å²) in [4.78, 5) is 2.95. The molecular weight excluding hydrogens is 260 g/mol. The first-order chi connectivity index (χ1) is 9.86. The largest absolute Gasteiger partial charge is 0.0949 e. The molecular formula is C19H30S. The quantitative estimate of drug-likeness (QED) is 0.306. The second kappa shape index (κ2) is 12.1. The molecule has 0 saturated heterocycles. The number of benzene rings is 1. The molecule has 0 spiro atoms. The first-order valence-electron chi connectivity index (χ1n) is 8.28. The lowest BCUT2D eigenvalue weighted by atomic mass is 10.1. The second-order valence-corrected chi connectivity index (χ2v) is 6.59. The lowest BCUT2D eigenvalue weighted by molar-refractivity contribution is 0.671. The summed E-state index contributed by atoms with van der Waals surface area (Å²) in [6.45, 7) is 4.55. The highest BCUT2D eigenvalue weighted by Gasteiger charge is 2.01. The Morgan fingerprint density at radius 1 is 0.900 bits per heavy atom. The number of allylic oxidation sites excluding steroid dienone is 2. The SMILES string of the molecule is CCCCCC/C=C(/CCCCC)Sc1ccccc1. The third-order valence-corrected chi connectivity index (χ3v) is 4.59. The Morgan fingerprint density at radius 2 is 1.60 bits per heavy atom. The van der Waals surface area contributed by atoms with E-state index in [-0.39, 0.29) is 0 Å². The van der Waals surface area contributed by atoms with E-state index >= 15 is 0 Å². The molecule has 0 radical (unpaired) electrons. The van der Waals surface area contributed by atoms with Crippen molar-refractivity contribution in [3.63, 3.8) is 0 Å². The minimum absolute atomic E-state index is 1.25. The molecule has 1 rings (SSSR count). The fourth-order valence-corrected chi connectivity index (χ4v) is 3.26. The van der Waals surface area contributed by atoms with E-state index in [1.165, 1.54) is 62.7 Å². The Balaban J connectivity index is 2.44. The molecule has 0 heterocycles. The Bertz CT molecular complexity index is 353. The lowest BCUT2D eigenvalue weighted by Gasteiger charge is -2.07. The first-order valence-corrected chi connectivity index (χ1v) is 9.10.